The lowest BCUT2D eigenvalue weighted by Crippen LogP contribution is -2.49. The molecule has 2 saturated heterocycles. The third-order valence-electron chi connectivity index (χ3n) is 2.86. The van der Waals surface area contributed by atoms with Crippen LogP contribution >= 0.6 is 0 Å². The number of nitrogens with zero attached hydrogens (tertiary/aromatic N) is 1. The Morgan fingerprint density at radius 2 is 2.18 bits per heavy atom. The van der Waals surface area contributed by atoms with Crippen LogP contribution < -0.4 is 5.32 Å². The summed E-state index contributed by atoms with van der Waals surface area (Å²) in [4.78, 5) is 35.0. The average Bonchev–Trinajstić information content (AvgIpc) is 2.83. The highest BCUT2D eigenvalue weighted by Crippen LogP contribution is 2.17. The molecule has 0 spiro atoms. The summed E-state index contributed by atoms with van der Waals surface area (Å²) in [6.07, 6.45) is 0.637. The highest BCUT2D eigenvalue weighted by atomic mass is 32.2. The summed E-state index contributed by atoms with van der Waals surface area (Å²) in [5, 5.41) is 11.4. The van der Waals surface area contributed by atoms with Gasteiger partial charge in [0.15, 0.2) is 0 Å². The first-order valence-electron chi connectivity index (χ1n) is 5.16. The Bertz CT molecular complexity index is 410. The molecule has 7 nitrogen and oxygen atoms in total. The second-order valence-electron chi connectivity index (χ2n) is 4.06. The first-order valence-corrected chi connectivity index (χ1v) is 6.65. The molecular weight excluding hydrogens is 248 g/mol. The molecule has 0 aromatic carbocycles. The number of aliphatic carboxylic acids is 1. The van der Waals surface area contributed by atoms with Gasteiger partial charge < -0.3 is 15.3 Å². The maximum Gasteiger partial charge on any atom is 0.327 e. The van der Waals surface area contributed by atoms with Gasteiger partial charge in [-0.2, -0.15) is 0 Å². The number of carboxylic acids is 1. The van der Waals surface area contributed by atoms with Crippen molar-refractivity contribution < 1.29 is 23.7 Å². The number of nitrogens with one attached hydrogen (secondary N) is 1. The zero-order valence-corrected chi connectivity index (χ0v) is 9.74. The van der Waals surface area contributed by atoms with Crippen molar-refractivity contribution in [2.24, 2.45) is 0 Å². The Morgan fingerprint density at radius 1 is 1.47 bits per heavy atom. The Balaban J connectivity index is 2.10. The van der Waals surface area contributed by atoms with Gasteiger partial charge >= 0.3 is 5.97 Å². The minimum atomic E-state index is -1.32. The van der Waals surface area contributed by atoms with E-state index in [1.807, 2.05) is 0 Å². The molecule has 0 aromatic heterocycles. The number of rotatable bonds is 2. The molecule has 8 heteroatoms. The summed E-state index contributed by atoms with van der Waals surface area (Å²) in [6.45, 7) is 0. The van der Waals surface area contributed by atoms with Gasteiger partial charge in [0.2, 0.25) is 11.8 Å². The van der Waals surface area contributed by atoms with Crippen LogP contribution in [0.3, 0.4) is 0 Å². The highest BCUT2D eigenvalue weighted by Gasteiger charge is 2.42. The molecule has 0 bridgehead atoms. The molecule has 2 amide bonds. The molecule has 0 aliphatic carbocycles. The fraction of sp³-hybridized carbons (Fsp3) is 0.667. The lowest BCUT2D eigenvalue weighted by molar-refractivity contribution is -0.148. The molecule has 0 saturated carbocycles. The van der Waals surface area contributed by atoms with Gasteiger partial charge in [0.25, 0.3) is 0 Å². The van der Waals surface area contributed by atoms with E-state index >= 15 is 0 Å². The van der Waals surface area contributed by atoms with Crippen LogP contribution in [0.25, 0.3) is 0 Å². The summed E-state index contributed by atoms with van der Waals surface area (Å²) < 4.78 is 11.3. The maximum absolute atomic E-state index is 12.0. The molecular formula is C9H12N2O5S. The first-order chi connectivity index (χ1) is 7.99. The lowest BCUT2D eigenvalue weighted by Gasteiger charge is -2.23. The molecule has 94 valence electrons. The molecule has 0 aromatic rings. The summed E-state index contributed by atoms with van der Waals surface area (Å²) in [6, 6.07) is -1.71. The summed E-state index contributed by atoms with van der Waals surface area (Å²) in [7, 11) is -1.32. The standard InChI is InChI=1S/C9H12N2O5S/c12-7-2-1-5(10-7)8(13)11-4-17(16)3-6(11)9(14)15/h5-6H,1-4H2,(H,10,12)(H,14,15)/t5-,6-,17?/m0/s1. The van der Waals surface area contributed by atoms with Crippen LogP contribution in [-0.4, -0.2) is 55.7 Å². The van der Waals surface area contributed by atoms with Crippen LogP contribution in [0.1, 0.15) is 12.8 Å². The predicted molar refractivity (Wildman–Crippen MR) is 57.3 cm³/mol. The van der Waals surface area contributed by atoms with Crippen molar-refractivity contribution in [3.05, 3.63) is 0 Å². The topological polar surface area (TPSA) is 104 Å². The average molecular weight is 260 g/mol. The van der Waals surface area contributed by atoms with E-state index in [2.05, 4.69) is 5.32 Å². The van der Waals surface area contributed by atoms with Gasteiger partial charge in [-0.25, -0.2) is 4.79 Å². The minimum absolute atomic E-state index is 0.0399. The molecule has 2 fully saturated rings. The number of hydrogen-bond acceptors (Lipinski definition) is 4. The van der Waals surface area contributed by atoms with Crippen molar-refractivity contribution in [1.29, 1.82) is 0 Å². The zero-order valence-electron chi connectivity index (χ0n) is 8.92. The van der Waals surface area contributed by atoms with E-state index in [0.717, 1.165) is 4.90 Å². The van der Waals surface area contributed by atoms with Crippen molar-refractivity contribution in [2.75, 3.05) is 11.6 Å². The van der Waals surface area contributed by atoms with Crippen LogP contribution in [0.15, 0.2) is 0 Å². The van der Waals surface area contributed by atoms with E-state index in [1.54, 1.807) is 0 Å². The predicted octanol–water partition coefficient (Wildman–Crippen LogP) is -1.73. The Morgan fingerprint density at radius 3 is 2.71 bits per heavy atom. The third kappa shape index (κ3) is 2.31. The van der Waals surface area contributed by atoms with E-state index < -0.39 is 34.8 Å². The van der Waals surface area contributed by atoms with Crippen LogP contribution in [-0.2, 0) is 25.2 Å². The second-order valence-corrected chi connectivity index (χ2v) is 5.53. The lowest BCUT2D eigenvalue weighted by atomic mass is 10.2. The Labute approximate surface area is 99.6 Å². The monoisotopic (exact) mass is 260 g/mol. The highest BCUT2D eigenvalue weighted by molar-refractivity contribution is 7.85. The molecule has 2 aliphatic heterocycles. The van der Waals surface area contributed by atoms with Crippen molar-refractivity contribution in [2.45, 2.75) is 24.9 Å². The van der Waals surface area contributed by atoms with Gasteiger partial charge in [-0.3, -0.25) is 13.8 Å². The molecule has 2 N–H and O–H groups in total. The smallest absolute Gasteiger partial charge is 0.327 e. The first kappa shape index (κ1) is 12.0. The van der Waals surface area contributed by atoms with Crippen molar-refractivity contribution >= 4 is 28.6 Å². The molecule has 2 heterocycles. The summed E-state index contributed by atoms with van der Waals surface area (Å²) in [5.41, 5.74) is 0. The van der Waals surface area contributed by atoms with Crippen LogP contribution in [0.5, 0.6) is 0 Å². The quantitative estimate of drug-likeness (QED) is 0.614. The number of amides is 2. The number of carbonyl (C=O) groups is 3. The van der Waals surface area contributed by atoms with Crippen LogP contribution in [0.4, 0.5) is 0 Å². The fourth-order valence-corrected chi connectivity index (χ4v) is 3.38. The molecule has 3 atom stereocenters. The molecule has 1 unspecified atom stereocenters. The van der Waals surface area contributed by atoms with Crippen molar-refractivity contribution in [3.8, 4) is 0 Å². The van der Waals surface area contributed by atoms with E-state index in [-0.39, 0.29) is 24.0 Å². The van der Waals surface area contributed by atoms with Gasteiger partial charge in [0.05, 0.1) is 11.6 Å². The van der Waals surface area contributed by atoms with Gasteiger partial charge in [-0.05, 0) is 6.42 Å². The maximum atomic E-state index is 12.0. The fourth-order valence-electron chi connectivity index (χ4n) is 1.99. The second kappa shape index (κ2) is 4.44. The number of carboxylic acid groups (broad SMARTS) is 1. The van der Waals surface area contributed by atoms with E-state index in [0.29, 0.717) is 6.42 Å². The van der Waals surface area contributed by atoms with E-state index in [4.69, 9.17) is 5.11 Å². The molecule has 0 radical (unpaired) electrons. The number of carbonyl (C=O) groups excluding carboxylic acids is 2. The van der Waals surface area contributed by atoms with Crippen molar-refractivity contribution in [1.82, 2.24) is 10.2 Å². The summed E-state index contributed by atoms with van der Waals surface area (Å²) in [5.74, 6) is -1.93. The Hall–Kier alpha value is -1.44. The number of hydrogen-bond donors (Lipinski definition) is 2. The van der Waals surface area contributed by atoms with Crippen LogP contribution in [0, 0.1) is 0 Å². The normalized spacial score (nSPS) is 32.6. The molecule has 17 heavy (non-hydrogen) atoms. The molecule has 2 aliphatic rings. The minimum Gasteiger partial charge on any atom is -0.480 e. The van der Waals surface area contributed by atoms with Crippen molar-refractivity contribution in [3.63, 3.8) is 0 Å². The zero-order chi connectivity index (χ0) is 12.6. The van der Waals surface area contributed by atoms with E-state index in [9.17, 15) is 18.6 Å². The SMILES string of the molecule is O=C1CC[C@@H](C(=O)N2CS(=O)C[C@H]2C(=O)O)N1. The Kier molecular flexibility index (Phi) is 3.14. The van der Waals surface area contributed by atoms with Gasteiger partial charge in [0.1, 0.15) is 12.1 Å². The van der Waals surface area contributed by atoms with Crippen LogP contribution in [0.2, 0.25) is 0 Å². The summed E-state index contributed by atoms with van der Waals surface area (Å²) >= 11 is 0. The van der Waals surface area contributed by atoms with E-state index in [1.165, 1.54) is 0 Å². The van der Waals surface area contributed by atoms with Gasteiger partial charge in [-0.1, -0.05) is 0 Å². The molecule has 2 rings (SSSR count). The van der Waals surface area contributed by atoms with Gasteiger partial charge in [0, 0.05) is 17.2 Å². The largest absolute Gasteiger partial charge is 0.480 e. The third-order valence-corrected chi connectivity index (χ3v) is 4.12. The van der Waals surface area contributed by atoms with Gasteiger partial charge in [-0.15, -0.1) is 0 Å².